The number of esters is 2. The summed E-state index contributed by atoms with van der Waals surface area (Å²) in [5.41, 5.74) is 0. The van der Waals surface area contributed by atoms with Crippen LogP contribution in [0.2, 0.25) is 0 Å². The lowest BCUT2D eigenvalue weighted by atomic mass is 10.5. The fourth-order valence-corrected chi connectivity index (χ4v) is 12.0. The summed E-state index contributed by atoms with van der Waals surface area (Å²) in [6, 6.07) is 0. The molecule has 3 rings (SSSR count). The van der Waals surface area contributed by atoms with Gasteiger partial charge in [0.1, 0.15) is 9.81 Å². The molecule has 0 aliphatic carbocycles. The summed E-state index contributed by atoms with van der Waals surface area (Å²) >= 11 is 10.3. The Balaban J connectivity index is 1.82. The number of hydrogen-bond acceptors (Lipinski definition) is 10. The van der Waals surface area contributed by atoms with E-state index in [-0.39, 0.29) is 0 Å². The Labute approximate surface area is 154 Å². The van der Waals surface area contributed by atoms with Crippen LogP contribution in [0.4, 0.5) is 0 Å². The molecule has 2 saturated heterocycles. The maximum atomic E-state index is 11.9. The smallest absolute Gasteiger partial charge is 0.346 e. The van der Waals surface area contributed by atoms with Crippen molar-refractivity contribution in [2.75, 3.05) is 25.7 Å². The van der Waals surface area contributed by atoms with Crippen LogP contribution in [-0.4, -0.2) is 46.8 Å². The molecule has 10 heteroatoms. The summed E-state index contributed by atoms with van der Waals surface area (Å²) < 4.78 is 12.9. The summed E-state index contributed by atoms with van der Waals surface area (Å²) in [7, 11) is 2.64. The maximum absolute atomic E-state index is 11.9. The second-order valence-corrected chi connectivity index (χ2v) is 12.1. The molecule has 3 aliphatic heterocycles. The van der Waals surface area contributed by atoms with Gasteiger partial charge in [-0.1, -0.05) is 23.5 Å². The van der Waals surface area contributed by atoms with Gasteiger partial charge in [-0.2, -0.15) is 0 Å². The minimum Gasteiger partial charge on any atom is -0.465 e. The lowest BCUT2D eigenvalue weighted by molar-refractivity contribution is -0.138. The van der Waals surface area contributed by atoms with Gasteiger partial charge in [-0.3, -0.25) is 0 Å². The maximum Gasteiger partial charge on any atom is 0.346 e. The zero-order valence-corrected chi connectivity index (χ0v) is 16.6. The first-order valence-electron chi connectivity index (χ1n) is 6.21. The Bertz CT molecular complexity index is 526. The lowest BCUT2D eigenvalue weighted by Gasteiger charge is -2.21. The highest BCUT2D eigenvalue weighted by molar-refractivity contribution is 8.39. The second kappa shape index (κ2) is 7.60. The van der Waals surface area contributed by atoms with Crippen LogP contribution in [0.25, 0.3) is 0 Å². The first-order valence-corrected chi connectivity index (χ1v) is 11.7. The molecular weight excluding hydrogens is 401 g/mol. The normalized spacial score (nSPS) is 27.9. The van der Waals surface area contributed by atoms with Crippen molar-refractivity contribution < 1.29 is 19.1 Å². The van der Waals surface area contributed by atoms with Gasteiger partial charge in [-0.25, -0.2) is 9.59 Å². The summed E-state index contributed by atoms with van der Waals surface area (Å²) in [5.74, 6) is 1.40. The molecule has 120 valence electrons. The average Bonchev–Trinajstić information content (AvgIpc) is 3.17. The van der Waals surface area contributed by atoms with E-state index in [1.54, 1.807) is 0 Å². The predicted molar refractivity (Wildman–Crippen MR) is 101 cm³/mol. The molecule has 2 atom stereocenters. The van der Waals surface area contributed by atoms with Crippen molar-refractivity contribution in [2.45, 2.75) is 9.16 Å². The van der Waals surface area contributed by atoms with Crippen LogP contribution in [0, 0.1) is 0 Å². The highest BCUT2D eigenvalue weighted by Gasteiger charge is 2.40. The molecule has 0 radical (unpaired) electrons. The van der Waals surface area contributed by atoms with Crippen LogP contribution in [-0.2, 0) is 19.1 Å². The number of ether oxygens (including phenoxy) is 2. The zero-order chi connectivity index (χ0) is 15.7. The number of carbonyl (C=O) groups excluding carboxylic acids is 2. The number of rotatable bonds is 2. The fourth-order valence-electron chi connectivity index (χ4n) is 1.84. The van der Waals surface area contributed by atoms with Gasteiger partial charge >= 0.3 is 11.9 Å². The Morgan fingerprint density at radius 1 is 0.864 bits per heavy atom. The third-order valence-electron chi connectivity index (χ3n) is 2.82. The molecule has 4 nitrogen and oxygen atoms in total. The summed E-state index contributed by atoms with van der Waals surface area (Å²) in [6.07, 6.45) is 0. The molecule has 2 unspecified atom stereocenters. The van der Waals surface area contributed by atoms with E-state index in [2.05, 4.69) is 0 Å². The highest BCUT2D eigenvalue weighted by Crippen LogP contribution is 2.63. The number of hydrogen-bond donors (Lipinski definition) is 0. The average molecular weight is 413 g/mol. The van der Waals surface area contributed by atoms with Crippen molar-refractivity contribution in [3.05, 3.63) is 18.3 Å². The van der Waals surface area contributed by atoms with Gasteiger partial charge < -0.3 is 9.47 Å². The standard InChI is InChI=1S/C12H12O4S6/c1-15-7(13)5-6(8(14)16-2)20-11(19-5)12-21-9-10(22-12)18-4-3-17-9/h9-10H,3-4H2,1-2H3. The quantitative estimate of drug-likeness (QED) is 0.627. The van der Waals surface area contributed by atoms with Gasteiger partial charge in [0.2, 0.25) is 0 Å². The summed E-state index contributed by atoms with van der Waals surface area (Å²) in [6.45, 7) is 0. The molecule has 0 aromatic rings. The molecule has 0 aromatic heterocycles. The van der Waals surface area contributed by atoms with Crippen molar-refractivity contribution >= 4 is 82.5 Å². The van der Waals surface area contributed by atoms with Crippen molar-refractivity contribution in [3.8, 4) is 0 Å². The van der Waals surface area contributed by atoms with Gasteiger partial charge in [-0.05, 0) is 0 Å². The molecule has 0 spiro atoms. The number of fused-ring (bicyclic) bond motifs is 1. The summed E-state index contributed by atoms with van der Waals surface area (Å²) in [4.78, 5) is 24.4. The van der Waals surface area contributed by atoms with Gasteiger partial charge in [0.25, 0.3) is 0 Å². The van der Waals surface area contributed by atoms with E-state index in [1.807, 2.05) is 47.0 Å². The number of thioether (sulfide) groups is 6. The van der Waals surface area contributed by atoms with E-state index in [1.165, 1.54) is 53.5 Å². The molecule has 3 heterocycles. The van der Waals surface area contributed by atoms with Crippen molar-refractivity contribution in [1.82, 2.24) is 0 Å². The molecule has 22 heavy (non-hydrogen) atoms. The lowest BCUT2D eigenvalue weighted by Crippen LogP contribution is -2.14. The van der Waals surface area contributed by atoms with Gasteiger partial charge in [-0.15, -0.1) is 47.0 Å². The van der Waals surface area contributed by atoms with E-state index in [9.17, 15) is 9.59 Å². The van der Waals surface area contributed by atoms with Gasteiger partial charge in [0.05, 0.1) is 31.9 Å². The highest BCUT2D eigenvalue weighted by atomic mass is 32.3. The van der Waals surface area contributed by atoms with Gasteiger partial charge in [0.15, 0.2) is 0 Å². The topological polar surface area (TPSA) is 52.6 Å². The molecule has 0 amide bonds. The fraction of sp³-hybridized carbons (Fsp3) is 0.500. The zero-order valence-electron chi connectivity index (χ0n) is 11.7. The predicted octanol–water partition coefficient (Wildman–Crippen LogP) is 3.76. The first kappa shape index (κ1) is 17.3. The largest absolute Gasteiger partial charge is 0.465 e. The van der Waals surface area contributed by atoms with Crippen LogP contribution >= 0.6 is 70.6 Å². The Morgan fingerprint density at radius 2 is 1.32 bits per heavy atom. The van der Waals surface area contributed by atoms with E-state index in [4.69, 9.17) is 9.47 Å². The van der Waals surface area contributed by atoms with E-state index in [0.717, 1.165) is 4.24 Å². The Kier molecular flexibility index (Phi) is 6.00. The monoisotopic (exact) mass is 412 g/mol. The second-order valence-electron chi connectivity index (χ2n) is 4.13. The van der Waals surface area contributed by atoms with Crippen molar-refractivity contribution in [1.29, 1.82) is 0 Å². The summed E-state index contributed by atoms with van der Waals surface area (Å²) in [5, 5.41) is 0. The van der Waals surface area contributed by atoms with E-state index < -0.39 is 11.9 Å². The van der Waals surface area contributed by atoms with E-state index in [0.29, 0.717) is 19.0 Å². The Hall–Kier alpha value is 0.520. The van der Waals surface area contributed by atoms with E-state index >= 15 is 0 Å². The third kappa shape index (κ3) is 3.46. The van der Waals surface area contributed by atoms with Crippen LogP contribution < -0.4 is 0 Å². The molecule has 0 N–H and O–H groups in total. The molecule has 0 bridgehead atoms. The SMILES string of the molecule is COC(=O)C1=C(C(=O)OC)SC(=C2SC3SCCSC3S2)S1. The molecule has 0 saturated carbocycles. The van der Waals surface area contributed by atoms with Crippen LogP contribution in [0.15, 0.2) is 18.3 Å². The van der Waals surface area contributed by atoms with Crippen LogP contribution in [0.5, 0.6) is 0 Å². The minimum absolute atomic E-state index is 0.332. The third-order valence-corrected chi connectivity index (χ3v) is 12.7. The van der Waals surface area contributed by atoms with Crippen molar-refractivity contribution in [3.63, 3.8) is 0 Å². The van der Waals surface area contributed by atoms with Crippen LogP contribution in [0.3, 0.4) is 0 Å². The van der Waals surface area contributed by atoms with Gasteiger partial charge in [0, 0.05) is 11.5 Å². The molecule has 0 aromatic carbocycles. The minimum atomic E-state index is -0.484. The number of carbonyl (C=O) groups is 2. The number of methoxy groups -OCH3 is 2. The van der Waals surface area contributed by atoms with Crippen molar-refractivity contribution in [2.24, 2.45) is 0 Å². The molecule has 3 aliphatic rings. The van der Waals surface area contributed by atoms with Crippen LogP contribution in [0.1, 0.15) is 0 Å². The first-order chi connectivity index (χ1) is 10.6. The Morgan fingerprint density at radius 3 is 1.73 bits per heavy atom. The molecule has 2 fully saturated rings. The molecular formula is C12H12O4S6.